The van der Waals surface area contributed by atoms with Gasteiger partial charge in [-0.2, -0.15) is 5.10 Å². The van der Waals surface area contributed by atoms with Crippen molar-refractivity contribution in [3.8, 4) is 0 Å². The predicted octanol–water partition coefficient (Wildman–Crippen LogP) is 5.69. The summed E-state index contributed by atoms with van der Waals surface area (Å²) in [6.07, 6.45) is 1.59. The Labute approximate surface area is 181 Å². The summed E-state index contributed by atoms with van der Waals surface area (Å²) in [6, 6.07) is 18.0. The lowest BCUT2D eigenvalue weighted by molar-refractivity contribution is 0.0950. The van der Waals surface area contributed by atoms with E-state index in [1.165, 1.54) is 0 Å². The van der Waals surface area contributed by atoms with E-state index in [0.29, 0.717) is 0 Å². The number of nitrogens with two attached hydrogens (primary N) is 1. The minimum Gasteiger partial charge on any atom is -0.396 e. The summed E-state index contributed by atoms with van der Waals surface area (Å²) in [5, 5.41) is 8.08. The van der Waals surface area contributed by atoms with Crippen LogP contribution in [0.4, 0.5) is 5.69 Å². The van der Waals surface area contributed by atoms with E-state index < -0.39 is 5.91 Å². The molecule has 29 heavy (non-hydrogen) atoms. The number of carbonyl (C=O) groups excluding carboxylic acids is 1. The molecule has 0 fully saturated rings. The number of nitrogens with one attached hydrogen (secondary N) is 1. The molecule has 0 aliphatic rings. The molecule has 0 unspecified atom stereocenters. The van der Waals surface area contributed by atoms with Gasteiger partial charge in [-0.3, -0.25) is 4.79 Å². The Hall–Kier alpha value is -2.86. The zero-order valence-corrected chi connectivity index (χ0v) is 17.1. The Morgan fingerprint density at radius 1 is 0.966 bits per heavy atom. The summed E-state index contributed by atoms with van der Waals surface area (Å²) >= 11 is 17.9. The number of halogens is 3. The molecule has 5 nitrogen and oxygen atoms in total. The van der Waals surface area contributed by atoms with E-state index in [9.17, 15) is 4.79 Å². The number of amides is 1. The topological polar surface area (TPSA) is 80.4 Å². The second-order valence-corrected chi connectivity index (χ2v) is 7.34. The van der Waals surface area contributed by atoms with Gasteiger partial charge >= 0.3 is 0 Å². The van der Waals surface area contributed by atoms with Crippen molar-refractivity contribution < 1.29 is 4.79 Å². The minimum absolute atomic E-state index is 0.000979. The zero-order chi connectivity index (χ0) is 20.5. The molecule has 1 aromatic heterocycles. The van der Waals surface area contributed by atoms with Crippen LogP contribution in [0.15, 0.2) is 59.7 Å². The average molecular weight is 444 g/mol. The summed E-state index contributed by atoms with van der Waals surface area (Å²) < 4.78 is 0. The number of rotatable bonds is 3. The molecule has 0 atom stereocenters. The number of nitrogen functional groups attached to an aromatic ring is 1. The lowest BCUT2D eigenvalue weighted by atomic mass is 9.97. The van der Waals surface area contributed by atoms with Crippen LogP contribution < -0.4 is 11.2 Å². The molecule has 8 heteroatoms. The monoisotopic (exact) mass is 442 g/mol. The SMILES string of the molecule is Nc1c(Cl)c(Cl)nc(C(=O)N/N=C/c2c3ccccc3cc3ccccc23)c1Cl. The van der Waals surface area contributed by atoms with Gasteiger partial charge < -0.3 is 5.73 Å². The number of hydrogen-bond donors (Lipinski definition) is 2. The van der Waals surface area contributed by atoms with Crippen LogP contribution in [0.3, 0.4) is 0 Å². The Morgan fingerprint density at radius 2 is 1.55 bits per heavy atom. The largest absolute Gasteiger partial charge is 0.396 e. The normalized spacial score (nSPS) is 11.4. The smallest absolute Gasteiger partial charge is 0.291 e. The molecule has 3 aromatic carbocycles. The number of hydrogen-bond acceptors (Lipinski definition) is 4. The predicted molar refractivity (Wildman–Crippen MR) is 120 cm³/mol. The van der Waals surface area contributed by atoms with Crippen molar-refractivity contribution in [3.63, 3.8) is 0 Å². The first kappa shape index (κ1) is 19.5. The Bertz CT molecular complexity index is 1250. The number of aromatic nitrogens is 1. The molecule has 0 aliphatic heterocycles. The van der Waals surface area contributed by atoms with Gasteiger partial charge in [0.2, 0.25) is 0 Å². The van der Waals surface area contributed by atoms with Crippen LogP contribution in [0.5, 0.6) is 0 Å². The fraction of sp³-hybridized carbons (Fsp3) is 0. The number of fused-ring (bicyclic) bond motifs is 2. The second kappa shape index (κ2) is 7.87. The average Bonchev–Trinajstić information content (AvgIpc) is 2.74. The first-order valence-electron chi connectivity index (χ1n) is 8.51. The first-order valence-corrected chi connectivity index (χ1v) is 9.64. The molecular formula is C21H13Cl3N4O. The van der Waals surface area contributed by atoms with E-state index in [1.54, 1.807) is 6.21 Å². The molecule has 4 rings (SSSR count). The molecule has 1 heterocycles. The number of carbonyl (C=O) groups is 1. The molecule has 1 amide bonds. The summed E-state index contributed by atoms with van der Waals surface area (Å²) in [5.74, 6) is -0.652. The van der Waals surface area contributed by atoms with Crippen LogP contribution in [0.1, 0.15) is 16.1 Å². The number of benzene rings is 3. The highest BCUT2D eigenvalue weighted by Gasteiger charge is 2.19. The van der Waals surface area contributed by atoms with Crippen molar-refractivity contribution in [3.05, 3.63) is 81.1 Å². The van der Waals surface area contributed by atoms with Crippen LogP contribution in [0, 0.1) is 0 Å². The van der Waals surface area contributed by atoms with E-state index in [-0.39, 0.29) is 26.6 Å². The second-order valence-electron chi connectivity index (χ2n) is 6.22. The van der Waals surface area contributed by atoms with Crippen LogP contribution in [0.25, 0.3) is 21.5 Å². The van der Waals surface area contributed by atoms with Gasteiger partial charge in [-0.15, -0.1) is 0 Å². The Morgan fingerprint density at radius 3 is 2.17 bits per heavy atom. The van der Waals surface area contributed by atoms with Crippen LogP contribution in [-0.4, -0.2) is 17.1 Å². The van der Waals surface area contributed by atoms with E-state index in [2.05, 4.69) is 21.6 Å². The molecular weight excluding hydrogens is 431 g/mol. The minimum atomic E-state index is -0.652. The van der Waals surface area contributed by atoms with Crippen LogP contribution in [-0.2, 0) is 0 Å². The molecule has 0 bridgehead atoms. The van der Waals surface area contributed by atoms with Crippen molar-refractivity contribution in [2.45, 2.75) is 0 Å². The molecule has 3 N–H and O–H groups in total. The summed E-state index contributed by atoms with van der Waals surface area (Å²) in [4.78, 5) is 16.4. The van der Waals surface area contributed by atoms with Crippen molar-refractivity contribution in [2.24, 2.45) is 5.10 Å². The fourth-order valence-electron chi connectivity index (χ4n) is 3.08. The van der Waals surface area contributed by atoms with Gasteiger partial charge in [-0.05, 0) is 27.6 Å². The highest BCUT2D eigenvalue weighted by molar-refractivity contribution is 6.46. The molecule has 0 saturated carbocycles. The molecule has 0 aliphatic carbocycles. The first-order chi connectivity index (χ1) is 14.0. The maximum atomic E-state index is 12.5. The van der Waals surface area contributed by atoms with Crippen LogP contribution >= 0.6 is 34.8 Å². The summed E-state index contributed by atoms with van der Waals surface area (Å²) in [6.45, 7) is 0. The zero-order valence-electron chi connectivity index (χ0n) is 14.8. The van der Waals surface area contributed by atoms with E-state index >= 15 is 0 Å². The van der Waals surface area contributed by atoms with Crippen molar-refractivity contribution in [2.75, 3.05) is 5.73 Å². The number of hydrazone groups is 1. The van der Waals surface area contributed by atoms with Gasteiger partial charge in [0.05, 0.1) is 16.9 Å². The summed E-state index contributed by atoms with van der Waals surface area (Å²) in [5.41, 5.74) is 8.89. The van der Waals surface area contributed by atoms with Gasteiger partial charge in [0.15, 0.2) is 10.8 Å². The van der Waals surface area contributed by atoms with Gasteiger partial charge in [0.1, 0.15) is 5.02 Å². The standard InChI is InChI=1S/C21H13Cl3N4O/c22-16-18(25)17(23)20(24)27-19(16)21(29)28-26-10-15-13-7-3-1-5-11(13)9-12-6-2-4-8-14(12)15/h1-10H,(H2,25,27)(H,28,29)/b26-10+. The molecule has 0 radical (unpaired) electrons. The molecule has 4 aromatic rings. The highest BCUT2D eigenvalue weighted by Crippen LogP contribution is 2.34. The fourth-order valence-corrected chi connectivity index (χ4v) is 3.67. The van der Waals surface area contributed by atoms with Crippen molar-refractivity contribution >= 4 is 74.2 Å². The lowest BCUT2D eigenvalue weighted by Gasteiger charge is -2.09. The van der Waals surface area contributed by atoms with Crippen molar-refractivity contribution in [1.29, 1.82) is 0 Å². The summed E-state index contributed by atoms with van der Waals surface area (Å²) in [7, 11) is 0. The van der Waals surface area contributed by atoms with E-state index in [1.807, 2.05) is 48.5 Å². The third kappa shape index (κ3) is 3.60. The number of anilines is 1. The number of nitrogens with zero attached hydrogens (tertiary/aromatic N) is 2. The highest BCUT2D eigenvalue weighted by atomic mass is 35.5. The van der Waals surface area contributed by atoms with Gasteiger partial charge in [0, 0.05) is 5.56 Å². The molecule has 0 spiro atoms. The maximum absolute atomic E-state index is 12.5. The van der Waals surface area contributed by atoms with Gasteiger partial charge in [-0.25, -0.2) is 10.4 Å². The lowest BCUT2D eigenvalue weighted by Crippen LogP contribution is -2.20. The Balaban J connectivity index is 1.71. The third-order valence-electron chi connectivity index (χ3n) is 4.46. The quantitative estimate of drug-likeness (QED) is 0.185. The van der Waals surface area contributed by atoms with Gasteiger partial charge in [-0.1, -0.05) is 83.3 Å². The van der Waals surface area contributed by atoms with E-state index in [4.69, 9.17) is 40.5 Å². The molecule has 144 valence electrons. The van der Waals surface area contributed by atoms with Crippen LogP contribution in [0.2, 0.25) is 15.2 Å². The third-order valence-corrected chi connectivity index (χ3v) is 5.60. The Kier molecular flexibility index (Phi) is 5.28. The van der Waals surface area contributed by atoms with Crippen molar-refractivity contribution in [1.82, 2.24) is 10.4 Å². The van der Waals surface area contributed by atoms with E-state index in [0.717, 1.165) is 27.1 Å². The van der Waals surface area contributed by atoms with Gasteiger partial charge in [0.25, 0.3) is 5.91 Å². The number of pyridine rings is 1. The molecule has 0 saturated heterocycles. The maximum Gasteiger partial charge on any atom is 0.291 e.